The van der Waals surface area contributed by atoms with Crippen LogP contribution in [0.3, 0.4) is 0 Å². The van der Waals surface area contributed by atoms with E-state index >= 15 is 0 Å². The van der Waals surface area contributed by atoms with E-state index in [1.54, 1.807) is 0 Å². The lowest BCUT2D eigenvalue weighted by Gasteiger charge is -2.21. The van der Waals surface area contributed by atoms with Crippen LogP contribution in [0, 0.1) is 11.8 Å². The van der Waals surface area contributed by atoms with Crippen molar-refractivity contribution in [3.8, 4) is 0 Å². The Morgan fingerprint density at radius 2 is 0.630 bits per heavy atom. The summed E-state index contributed by atoms with van der Waals surface area (Å²) in [6.07, 6.45) is 36.2. The summed E-state index contributed by atoms with van der Waals surface area (Å²) in [6, 6.07) is 0. The van der Waals surface area contributed by atoms with E-state index < -0.39 is 97.5 Å². The number of carbonyl (C=O) groups is 4. The van der Waals surface area contributed by atoms with Crippen molar-refractivity contribution in [3.05, 3.63) is 0 Å². The Labute approximate surface area is 492 Å². The first-order chi connectivity index (χ1) is 38.9. The first-order valence-electron chi connectivity index (χ1n) is 32.5. The van der Waals surface area contributed by atoms with Gasteiger partial charge in [0.15, 0.2) is 12.2 Å². The molecule has 0 aromatic rings. The van der Waals surface area contributed by atoms with Gasteiger partial charge in [-0.05, 0) is 37.5 Å². The fourth-order valence-electron chi connectivity index (χ4n) is 9.15. The molecule has 17 nitrogen and oxygen atoms in total. The molecule has 0 saturated heterocycles. The van der Waals surface area contributed by atoms with Gasteiger partial charge in [-0.15, -0.1) is 0 Å². The minimum atomic E-state index is -4.94. The van der Waals surface area contributed by atoms with Crippen LogP contribution in [0.15, 0.2) is 0 Å². The van der Waals surface area contributed by atoms with Gasteiger partial charge in [-0.2, -0.15) is 0 Å². The van der Waals surface area contributed by atoms with Gasteiger partial charge in [0, 0.05) is 25.7 Å². The average molecular weight is 1200 g/mol. The molecule has 0 aromatic heterocycles. The molecule has 3 unspecified atom stereocenters. The van der Waals surface area contributed by atoms with Crippen LogP contribution in [-0.4, -0.2) is 96.7 Å². The topological polar surface area (TPSA) is 237 Å². The Morgan fingerprint density at radius 3 is 0.938 bits per heavy atom. The van der Waals surface area contributed by atoms with Crippen LogP contribution in [0.5, 0.6) is 0 Å². The van der Waals surface area contributed by atoms with Gasteiger partial charge in [-0.25, -0.2) is 9.13 Å². The minimum Gasteiger partial charge on any atom is -0.462 e. The summed E-state index contributed by atoms with van der Waals surface area (Å²) < 4.78 is 67.9. The molecule has 0 amide bonds. The van der Waals surface area contributed by atoms with Crippen LogP contribution in [-0.2, 0) is 65.4 Å². The highest BCUT2D eigenvalue weighted by atomic mass is 31.2. The summed E-state index contributed by atoms with van der Waals surface area (Å²) in [6.45, 7) is 9.36. The predicted molar refractivity (Wildman–Crippen MR) is 321 cm³/mol. The number of carbonyl (C=O) groups excluding carboxylic acids is 4. The zero-order chi connectivity index (χ0) is 60.1. The number of hydrogen-bond donors (Lipinski definition) is 3. The summed E-state index contributed by atoms with van der Waals surface area (Å²) in [5, 5.41) is 10.5. The van der Waals surface area contributed by atoms with Crippen molar-refractivity contribution in [2.75, 3.05) is 39.6 Å². The largest absolute Gasteiger partial charge is 0.472 e. The van der Waals surface area contributed by atoms with Gasteiger partial charge in [-0.3, -0.25) is 37.3 Å². The highest BCUT2D eigenvalue weighted by Crippen LogP contribution is 2.45. The smallest absolute Gasteiger partial charge is 0.462 e. The summed E-state index contributed by atoms with van der Waals surface area (Å²) in [5.41, 5.74) is 0. The van der Waals surface area contributed by atoms with Crippen molar-refractivity contribution < 1.29 is 80.2 Å². The minimum absolute atomic E-state index is 0.103. The Hall–Kier alpha value is -1.94. The molecule has 0 aliphatic carbocycles. The van der Waals surface area contributed by atoms with Crippen molar-refractivity contribution in [2.45, 2.75) is 323 Å². The van der Waals surface area contributed by atoms with E-state index in [4.69, 9.17) is 37.0 Å². The van der Waals surface area contributed by atoms with Gasteiger partial charge in [0.05, 0.1) is 26.4 Å². The molecule has 0 aliphatic heterocycles. The van der Waals surface area contributed by atoms with E-state index in [9.17, 15) is 43.2 Å². The number of phosphoric acid groups is 2. The summed E-state index contributed by atoms with van der Waals surface area (Å²) >= 11 is 0. The van der Waals surface area contributed by atoms with Crippen LogP contribution in [0.2, 0.25) is 0 Å². The third-order valence-corrected chi connectivity index (χ3v) is 16.5. The molecule has 0 aromatic carbocycles. The number of hydrogen-bond acceptors (Lipinski definition) is 15. The molecule has 81 heavy (non-hydrogen) atoms. The van der Waals surface area contributed by atoms with E-state index in [0.717, 1.165) is 102 Å². The lowest BCUT2D eigenvalue weighted by Crippen LogP contribution is -2.30. The molecule has 0 bridgehead atoms. The SMILES string of the molecule is CCCCCCCCCCCCCC(=O)O[C@H](COC(=O)CCCCCCCCCC(C)C)COP(=O)(O)OC[C@@H](O)COP(=O)(O)OC[C@@H](COC(=O)CCCCCCCCCCCC)OC(=O)CCCCCCCCC(C)CC. The maximum atomic E-state index is 12.9. The monoisotopic (exact) mass is 1200 g/mol. The van der Waals surface area contributed by atoms with E-state index in [1.807, 2.05) is 0 Å². The molecule has 480 valence electrons. The van der Waals surface area contributed by atoms with Crippen LogP contribution in [0.1, 0.15) is 305 Å². The van der Waals surface area contributed by atoms with Gasteiger partial charge in [-0.1, -0.05) is 253 Å². The first kappa shape index (κ1) is 79.1. The maximum absolute atomic E-state index is 12.9. The first-order valence-corrected chi connectivity index (χ1v) is 35.5. The Balaban J connectivity index is 5.25. The fourth-order valence-corrected chi connectivity index (χ4v) is 10.7. The van der Waals surface area contributed by atoms with Crippen LogP contribution in [0.4, 0.5) is 0 Å². The van der Waals surface area contributed by atoms with E-state index in [-0.39, 0.29) is 25.7 Å². The zero-order valence-corrected chi connectivity index (χ0v) is 53.9. The summed E-state index contributed by atoms with van der Waals surface area (Å²) in [7, 11) is -9.88. The quantitative estimate of drug-likeness (QED) is 0.0222. The molecule has 0 rings (SSSR count). The highest BCUT2D eigenvalue weighted by molar-refractivity contribution is 7.47. The zero-order valence-electron chi connectivity index (χ0n) is 52.1. The second-order valence-corrected chi connectivity index (χ2v) is 26.1. The van der Waals surface area contributed by atoms with Crippen molar-refractivity contribution in [3.63, 3.8) is 0 Å². The fraction of sp³-hybridized carbons (Fsp3) is 0.935. The lowest BCUT2D eigenvalue weighted by molar-refractivity contribution is -0.161. The van der Waals surface area contributed by atoms with E-state index in [2.05, 4.69) is 41.5 Å². The molecule has 0 saturated carbocycles. The molecule has 0 radical (unpaired) electrons. The number of esters is 4. The average Bonchev–Trinajstić information content (AvgIpc) is 3.43. The van der Waals surface area contributed by atoms with Crippen molar-refractivity contribution >= 4 is 39.5 Å². The summed E-state index contributed by atoms with van der Waals surface area (Å²) in [4.78, 5) is 72.1. The molecule has 0 fully saturated rings. The molecule has 6 atom stereocenters. The third kappa shape index (κ3) is 55.7. The van der Waals surface area contributed by atoms with Crippen LogP contribution >= 0.6 is 15.6 Å². The Kier molecular flexibility index (Phi) is 53.4. The second-order valence-electron chi connectivity index (χ2n) is 23.2. The van der Waals surface area contributed by atoms with E-state index in [0.29, 0.717) is 31.6 Å². The molecule has 0 heterocycles. The second kappa shape index (κ2) is 54.7. The van der Waals surface area contributed by atoms with Gasteiger partial charge < -0.3 is 33.8 Å². The molecular formula is C62H120O17P2. The summed E-state index contributed by atoms with van der Waals surface area (Å²) in [5.74, 6) is -0.714. The van der Waals surface area contributed by atoms with Crippen LogP contribution in [0.25, 0.3) is 0 Å². The molecule has 0 spiro atoms. The standard InChI is InChI=1S/C62H120O17P2/c1-7-10-12-14-16-18-20-22-26-34-40-46-61(66)78-57(50-73-60(65)45-39-33-27-23-24-30-36-42-54(4)5)52-76-80(68,69)74-48-56(63)49-75-81(70,71)77-53-58(79-62(67)47-41-35-29-28-31-37-43-55(6)9-3)51-72-59(64)44-38-32-25-21-19-17-15-13-11-8-2/h54-58,63H,7-53H2,1-6H3,(H,68,69)(H,70,71)/t55?,56-,57-,58-/m1/s1. The number of ether oxygens (including phenoxy) is 4. The number of aliphatic hydroxyl groups excluding tert-OH is 1. The number of phosphoric ester groups is 2. The van der Waals surface area contributed by atoms with Crippen molar-refractivity contribution in [2.24, 2.45) is 11.8 Å². The Bertz CT molecular complexity index is 1600. The normalized spacial score (nSPS) is 14.7. The number of unbranched alkanes of at least 4 members (excludes halogenated alkanes) is 30. The van der Waals surface area contributed by atoms with Gasteiger partial charge in [0.1, 0.15) is 19.3 Å². The van der Waals surface area contributed by atoms with Crippen molar-refractivity contribution in [1.29, 1.82) is 0 Å². The predicted octanol–water partition coefficient (Wildman–Crippen LogP) is 16.9. The third-order valence-electron chi connectivity index (χ3n) is 14.6. The maximum Gasteiger partial charge on any atom is 0.472 e. The van der Waals surface area contributed by atoms with E-state index in [1.165, 1.54) is 116 Å². The van der Waals surface area contributed by atoms with Gasteiger partial charge in [0.2, 0.25) is 0 Å². The Morgan fingerprint density at radius 1 is 0.358 bits per heavy atom. The van der Waals surface area contributed by atoms with Crippen molar-refractivity contribution in [1.82, 2.24) is 0 Å². The molecule has 19 heteroatoms. The number of rotatable bonds is 61. The number of aliphatic hydroxyl groups is 1. The molecule has 0 aliphatic rings. The molecular weight excluding hydrogens is 1080 g/mol. The molecule has 3 N–H and O–H groups in total. The van der Waals surface area contributed by atoms with Gasteiger partial charge >= 0.3 is 39.5 Å². The van der Waals surface area contributed by atoms with Crippen LogP contribution < -0.4 is 0 Å². The van der Waals surface area contributed by atoms with Gasteiger partial charge in [0.25, 0.3) is 0 Å². The lowest BCUT2D eigenvalue weighted by atomic mass is 10.00. The highest BCUT2D eigenvalue weighted by Gasteiger charge is 2.30.